The average Bonchev–Trinajstić information content (AvgIpc) is 3.27. The summed E-state index contributed by atoms with van der Waals surface area (Å²) in [6, 6.07) is 10.0. The van der Waals surface area contributed by atoms with Crippen LogP contribution in [0.2, 0.25) is 0 Å². The zero-order chi connectivity index (χ0) is 29.2. The molecule has 4 aliphatic rings. The Hall–Kier alpha value is -3.77. The Labute approximate surface area is 237 Å². The lowest BCUT2D eigenvalue weighted by molar-refractivity contribution is -0.222. The normalized spacial score (nSPS) is 29.3. The van der Waals surface area contributed by atoms with Crippen LogP contribution in [-0.2, 0) is 32.3 Å². The van der Waals surface area contributed by atoms with Crippen LogP contribution in [-0.4, -0.2) is 65.6 Å². The van der Waals surface area contributed by atoms with E-state index in [9.17, 15) is 22.8 Å². The molecular formula is C32H31F3N2O4. The van der Waals surface area contributed by atoms with Crippen LogP contribution in [0.25, 0.3) is 0 Å². The first-order valence-corrected chi connectivity index (χ1v) is 13.8. The number of hydrogen-bond acceptors (Lipinski definition) is 5. The van der Waals surface area contributed by atoms with Crippen LogP contribution in [0.3, 0.4) is 0 Å². The van der Waals surface area contributed by atoms with Crippen LogP contribution in [0.5, 0.6) is 5.75 Å². The minimum Gasteiger partial charge on any atom is -0.487 e. The first-order chi connectivity index (χ1) is 19.5. The Morgan fingerprint density at radius 2 is 1.98 bits per heavy atom. The zero-order valence-corrected chi connectivity index (χ0v) is 23.0. The maximum atomic E-state index is 13.3. The molecule has 5 atom stereocenters. The van der Waals surface area contributed by atoms with E-state index >= 15 is 0 Å². The Morgan fingerprint density at radius 1 is 1.22 bits per heavy atom. The number of likely N-dealkylation sites (N-methyl/N-ethyl adjacent to an activating group) is 1. The number of likely N-dealkylation sites (tertiary alicyclic amines) is 1. The standard InChI is InChI=1S/C32H31F3N2O4/c1-4-17-37-18-16-30-28-22-6-5-7-25(28)40-29(30)24(14-15-31(30,26(37)19-22)41-20(2)38)36(3)27(39)13-10-21-8-11-23(12-9-21)32(33,34)35/h4-9,11-12,24,26,29H,1,14-19H2,2-3H3/t24-,26+,29-,30-,31+/m0/s1. The van der Waals surface area contributed by atoms with E-state index in [1.165, 1.54) is 24.6 Å². The summed E-state index contributed by atoms with van der Waals surface area (Å²) in [6.07, 6.45) is -0.528. The van der Waals surface area contributed by atoms with Crippen LogP contribution < -0.4 is 4.74 Å². The van der Waals surface area contributed by atoms with E-state index in [4.69, 9.17) is 9.47 Å². The van der Waals surface area contributed by atoms with E-state index in [-0.39, 0.29) is 18.1 Å². The van der Waals surface area contributed by atoms with E-state index < -0.39 is 34.8 Å². The summed E-state index contributed by atoms with van der Waals surface area (Å²) in [7, 11) is 1.68. The van der Waals surface area contributed by atoms with Gasteiger partial charge in [0.1, 0.15) is 17.5 Å². The van der Waals surface area contributed by atoms with Crippen molar-refractivity contribution in [2.24, 2.45) is 0 Å². The van der Waals surface area contributed by atoms with Crippen molar-refractivity contribution < 1.29 is 32.2 Å². The van der Waals surface area contributed by atoms with Crippen LogP contribution in [0, 0.1) is 11.8 Å². The van der Waals surface area contributed by atoms with Crippen LogP contribution in [0.1, 0.15) is 48.4 Å². The van der Waals surface area contributed by atoms with Crippen molar-refractivity contribution in [2.45, 2.75) is 68.0 Å². The fraction of sp³-hybridized carbons (Fsp3) is 0.438. The number of alkyl halides is 3. The highest BCUT2D eigenvalue weighted by atomic mass is 19.4. The number of nitrogens with zero attached hydrogens (tertiary/aromatic N) is 2. The molecular weight excluding hydrogens is 533 g/mol. The second kappa shape index (κ2) is 9.66. The van der Waals surface area contributed by atoms with E-state index in [1.807, 2.05) is 18.2 Å². The molecule has 0 unspecified atom stereocenters. The largest absolute Gasteiger partial charge is 0.487 e. The molecule has 1 saturated heterocycles. The molecule has 2 aliphatic heterocycles. The number of carbonyl (C=O) groups excluding carboxylic acids is 2. The van der Waals surface area contributed by atoms with Gasteiger partial charge in [0, 0.05) is 44.1 Å². The third kappa shape index (κ3) is 4.06. The zero-order valence-electron chi connectivity index (χ0n) is 23.0. The molecule has 2 aromatic rings. The summed E-state index contributed by atoms with van der Waals surface area (Å²) in [5.41, 5.74) is 0.340. The van der Waals surface area contributed by atoms with E-state index in [1.54, 1.807) is 11.9 Å². The first kappa shape index (κ1) is 27.4. The van der Waals surface area contributed by atoms with Crippen molar-refractivity contribution >= 4 is 11.9 Å². The van der Waals surface area contributed by atoms with Gasteiger partial charge >= 0.3 is 12.1 Å². The van der Waals surface area contributed by atoms with Crippen LogP contribution in [0.4, 0.5) is 13.2 Å². The smallest absolute Gasteiger partial charge is 0.416 e. The van der Waals surface area contributed by atoms with E-state index in [0.29, 0.717) is 31.4 Å². The molecule has 6 rings (SSSR count). The van der Waals surface area contributed by atoms with Gasteiger partial charge in [0.15, 0.2) is 0 Å². The summed E-state index contributed by atoms with van der Waals surface area (Å²) < 4.78 is 51.8. The lowest BCUT2D eigenvalue weighted by Crippen LogP contribution is -2.79. The van der Waals surface area contributed by atoms with E-state index in [0.717, 1.165) is 36.4 Å². The summed E-state index contributed by atoms with van der Waals surface area (Å²) in [6.45, 7) is 6.83. The van der Waals surface area contributed by atoms with Crippen molar-refractivity contribution in [3.05, 3.63) is 77.4 Å². The topological polar surface area (TPSA) is 59.1 Å². The molecule has 1 amide bonds. The molecule has 9 heteroatoms. The Bertz CT molecular complexity index is 1480. The SMILES string of the molecule is C=CCN1CC[C@]23c4c5cccc4O[C@H]2[C@@H](N(C)C(=O)C#Cc2ccc(C(F)(F)F)cc2)CC[C@@]3(OC(C)=O)[C@H]1C5. The van der Waals surface area contributed by atoms with Gasteiger partial charge in [0.05, 0.1) is 23.1 Å². The van der Waals surface area contributed by atoms with Crippen molar-refractivity contribution in [3.63, 3.8) is 0 Å². The van der Waals surface area contributed by atoms with Crippen molar-refractivity contribution in [2.75, 3.05) is 20.1 Å². The number of esters is 1. The van der Waals surface area contributed by atoms with E-state index in [2.05, 4.69) is 29.4 Å². The molecule has 214 valence electrons. The number of hydrogen-bond donors (Lipinski definition) is 0. The van der Waals surface area contributed by atoms with Gasteiger partial charge in [-0.1, -0.05) is 24.1 Å². The minimum atomic E-state index is -4.44. The summed E-state index contributed by atoms with van der Waals surface area (Å²) in [5.74, 6) is 5.29. The number of ether oxygens (including phenoxy) is 2. The lowest BCUT2D eigenvalue weighted by atomic mass is 9.48. The Balaban J connectivity index is 1.36. The van der Waals surface area contributed by atoms with Crippen LogP contribution in [0.15, 0.2) is 55.1 Å². The maximum absolute atomic E-state index is 13.3. The van der Waals surface area contributed by atoms with Crippen molar-refractivity contribution in [3.8, 4) is 17.6 Å². The second-order valence-corrected chi connectivity index (χ2v) is 11.4. The molecule has 6 nitrogen and oxygen atoms in total. The van der Waals surface area contributed by atoms with Crippen molar-refractivity contribution in [1.29, 1.82) is 0 Å². The molecule has 2 aliphatic carbocycles. The van der Waals surface area contributed by atoms with Gasteiger partial charge in [-0.3, -0.25) is 14.5 Å². The molecule has 0 N–H and O–H groups in total. The highest BCUT2D eigenvalue weighted by molar-refractivity contribution is 5.94. The third-order valence-corrected chi connectivity index (χ3v) is 9.43. The average molecular weight is 565 g/mol. The fourth-order valence-corrected chi connectivity index (χ4v) is 7.90. The Kier molecular flexibility index (Phi) is 6.46. The molecule has 41 heavy (non-hydrogen) atoms. The number of piperidine rings is 1. The van der Waals surface area contributed by atoms with Gasteiger partial charge in [-0.15, -0.1) is 6.58 Å². The quantitative estimate of drug-likeness (QED) is 0.311. The monoisotopic (exact) mass is 564 g/mol. The molecule has 2 heterocycles. The van der Waals surface area contributed by atoms with Gasteiger partial charge in [-0.2, -0.15) is 13.2 Å². The predicted octanol–water partition coefficient (Wildman–Crippen LogP) is 4.50. The maximum Gasteiger partial charge on any atom is 0.416 e. The first-order valence-electron chi connectivity index (χ1n) is 13.8. The molecule has 2 bridgehead atoms. The number of benzene rings is 2. The number of carbonyl (C=O) groups is 2. The number of halogens is 3. The fourth-order valence-electron chi connectivity index (χ4n) is 7.90. The highest BCUT2D eigenvalue weighted by Crippen LogP contribution is 2.65. The van der Waals surface area contributed by atoms with Gasteiger partial charge in [-0.05, 0) is 61.6 Å². The predicted molar refractivity (Wildman–Crippen MR) is 145 cm³/mol. The molecule has 2 fully saturated rings. The van der Waals surface area contributed by atoms with Gasteiger partial charge < -0.3 is 14.4 Å². The molecule has 0 radical (unpaired) electrons. The third-order valence-electron chi connectivity index (χ3n) is 9.43. The summed E-state index contributed by atoms with van der Waals surface area (Å²) >= 11 is 0. The number of amides is 1. The molecule has 1 saturated carbocycles. The van der Waals surface area contributed by atoms with Crippen molar-refractivity contribution in [1.82, 2.24) is 9.80 Å². The van der Waals surface area contributed by atoms with Gasteiger partial charge in [0.2, 0.25) is 0 Å². The Morgan fingerprint density at radius 3 is 2.66 bits per heavy atom. The molecule has 1 spiro atoms. The van der Waals surface area contributed by atoms with Gasteiger partial charge in [0.25, 0.3) is 5.91 Å². The van der Waals surface area contributed by atoms with Crippen LogP contribution >= 0.6 is 0 Å². The number of rotatable bonds is 4. The molecule has 0 aromatic heterocycles. The van der Waals surface area contributed by atoms with Gasteiger partial charge in [-0.25, -0.2) is 0 Å². The lowest BCUT2D eigenvalue weighted by Gasteiger charge is -2.65. The highest BCUT2D eigenvalue weighted by Gasteiger charge is 2.75. The minimum absolute atomic E-state index is 0.0634. The second-order valence-electron chi connectivity index (χ2n) is 11.4. The summed E-state index contributed by atoms with van der Waals surface area (Å²) in [4.78, 5) is 29.9. The summed E-state index contributed by atoms with van der Waals surface area (Å²) in [5, 5.41) is 0. The molecule has 2 aromatic carbocycles.